The molecule has 1 heterocycles. The molecule has 8 heteroatoms. The SMILES string of the molecule is CCC(CCNS(=O)(=O)c1ccc(Cl)s1)CCC(=O)O. The van der Waals surface area contributed by atoms with Crippen molar-refractivity contribution in [2.75, 3.05) is 6.54 Å². The predicted octanol–water partition coefficient (Wildman–Crippen LogP) is 2.96. The van der Waals surface area contributed by atoms with Gasteiger partial charge in [0.05, 0.1) is 4.34 Å². The molecular formula is C12H18ClNO4S2. The number of carbonyl (C=O) groups is 1. The summed E-state index contributed by atoms with van der Waals surface area (Å²) in [6.07, 6.45) is 2.14. The van der Waals surface area contributed by atoms with Crippen molar-refractivity contribution in [3.05, 3.63) is 16.5 Å². The first-order valence-corrected chi connectivity index (χ1v) is 8.99. The first-order valence-electron chi connectivity index (χ1n) is 6.32. The van der Waals surface area contributed by atoms with Crippen molar-refractivity contribution in [1.29, 1.82) is 0 Å². The second-order valence-corrected chi connectivity index (χ2v) is 8.16. The van der Waals surface area contributed by atoms with E-state index in [4.69, 9.17) is 16.7 Å². The van der Waals surface area contributed by atoms with E-state index in [0.29, 0.717) is 23.7 Å². The van der Waals surface area contributed by atoms with Crippen LogP contribution in [0.25, 0.3) is 0 Å². The second-order valence-electron chi connectivity index (χ2n) is 4.45. The summed E-state index contributed by atoms with van der Waals surface area (Å²) < 4.78 is 27.0. The lowest BCUT2D eigenvalue weighted by Crippen LogP contribution is -2.25. The van der Waals surface area contributed by atoms with Crippen LogP contribution in [0.1, 0.15) is 32.6 Å². The molecule has 1 unspecified atom stereocenters. The minimum Gasteiger partial charge on any atom is -0.481 e. The molecule has 1 aromatic rings. The van der Waals surface area contributed by atoms with Crippen LogP contribution in [-0.4, -0.2) is 26.0 Å². The van der Waals surface area contributed by atoms with Gasteiger partial charge >= 0.3 is 5.97 Å². The highest BCUT2D eigenvalue weighted by molar-refractivity contribution is 7.91. The Morgan fingerprint density at radius 1 is 1.45 bits per heavy atom. The number of carboxylic acid groups (broad SMARTS) is 1. The summed E-state index contributed by atoms with van der Waals surface area (Å²) in [6.45, 7) is 2.27. The first kappa shape index (κ1) is 17.4. The minimum atomic E-state index is -3.51. The van der Waals surface area contributed by atoms with Gasteiger partial charge in [-0.3, -0.25) is 4.79 Å². The van der Waals surface area contributed by atoms with Crippen LogP contribution >= 0.6 is 22.9 Å². The fraction of sp³-hybridized carbons (Fsp3) is 0.583. The topological polar surface area (TPSA) is 83.5 Å². The molecule has 0 saturated carbocycles. The highest BCUT2D eigenvalue weighted by Crippen LogP contribution is 2.25. The number of rotatable bonds is 9. The Hall–Kier alpha value is -0.630. The fourth-order valence-corrected chi connectivity index (χ4v) is 4.37. The number of nitrogens with one attached hydrogen (secondary N) is 1. The molecule has 0 spiro atoms. The number of aliphatic carboxylic acids is 1. The molecule has 0 saturated heterocycles. The largest absolute Gasteiger partial charge is 0.481 e. The predicted molar refractivity (Wildman–Crippen MR) is 79.8 cm³/mol. The number of thiophene rings is 1. The Balaban J connectivity index is 2.44. The zero-order valence-corrected chi connectivity index (χ0v) is 13.5. The Labute approximate surface area is 128 Å². The van der Waals surface area contributed by atoms with Gasteiger partial charge in [-0.15, -0.1) is 11.3 Å². The summed E-state index contributed by atoms with van der Waals surface area (Å²) in [5.74, 6) is -0.613. The Kier molecular flexibility index (Phi) is 6.94. The quantitative estimate of drug-likeness (QED) is 0.724. The van der Waals surface area contributed by atoms with E-state index in [1.807, 2.05) is 6.92 Å². The fourth-order valence-electron chi connectivity index (χ4n) is 1.79. The maximum Gasteiger partial charge on any atom is 0.303 e. The molecule has 114 valence electrons. The third kappa shape index (κ3) is 5.78. The summed E-state index contributed by atoms with van der Waals surface area (Å²) in [4.78, 5) is 10.5. The van der Waals surface area contributed by atoms with Crippen LogP contribution in [0.2, 0.25) is 4.34 Å². The maximum atomic E-state index is 11.9. The van der Waals surface area contributed by atoms with Gasteiger partial charge in [-0.25, -0.2) is 13.1 Å². The van der Waals surface area contributed by atoms with Gasteiger partial charge in [0.2, 0.25) is 10.0 Å². The van der Waals surface area contributed by atoms with E-state index in [1.165, 1.54) is 6.07 Å². The van der Waals surface area contributed by atoms with E-state index >= 15 is 0 Å². The average Bonchev–Trinajstić information content (AvgIpc) is 2.80. The van der Waals surface area contributed by atoms with Gasteiger partial charge in [0.1, 0.15) is 4.21 Å². The lowest BCUT2D eigenvalue weighted by atomic mass is 9.97. The molecule has 5 nitrogen and oxygen atoms in total. The van der Waals surface area contributed by atoms with Gasteiger partial charge < -0.3 is 5.11 Å². The molecule has 0 amide bonds. The maximum absolute atomic E-state index is 11.9. The van der Waals surface area contributed by atoms with Crippen LogP contribution in [-0.2, 0) is 14.8 Å². The van der Waals surface area contributed by atoms with Gasteiger partial charge in [0.15, 0.2) is 0 Å². The average molecular weight is 340 g/mol. The Morgan fingerprint density at radius 2 is 2.15 bits per heavy atom. The second kappa shape index (κ2) is 7.97. The van der Waals surface area contributed by atoms with Crippen molar-refractivity contribution in [1.82, 2.24) is 4.72 Å². The van der Waals surface area contributed by atoms with E-state index < -0.39 is 16.0 Å². The number of carboxylic acids is 1. The van der Waals surface area contributed by atoms with Crippen LogP contribution in [0.15, 0.2) is 16.3 Å². The van der Waals surface area contributed by atoms with Crippen molar-refractivity contribution >= 4 is 38.9 Å². The van der Waals surface area contributed by atoms with E-state index in [9.17, 15) is 13.2 Å². The number of sulfonamides is 1. The van der Waals surface area contributed by atoms with Crippen LogP contribution < -0.4 is 4.72 Å². The molecule has 20 heavy (non-hydrogen) atoms. The molecule has 0 bridgehead atoms. The van der Waals surface area contributed by atoms with Crippen LogP contribution in [0, 0.1) is 5.92 Å². The summed E-state index contributed by atoms with van der Waals surface area (Å²) in [6, 6.07) is 3.01. The minimum absolute atomic E-state index is 0.117. The van der Waals surface area contributed by atoms with Crippen molar-refractivity contribution < 1.29 is 18.3 Å². The van der Waals surface area contributed by atoms with Gasteiger partial charge in [-0.05, 0) is 30.9 Å². The van der Waals surface area contributed by atoms with Crippen molar-refractivity contribution in [2.24, 2.45) is 5.92 Å². The third-order valence-electron chi connectivity index (χ3n) is 3.00. The van der Waals surface area contributed by atoms with Gasteiger partial charge in [-0.1, -0.05) is 24.9 Å². The van der Waals surface area contributed by atoms with Crippen LogP contribution in [0.4, 0.5) is 0 Å². The van der Waals surface area contributed by atoms with E-state index in [2.05, 4.69) is 4.72 Å². The molecule has 1 aromatic heterocycles. The van der Waals surface area contributed by atoms with Crippen molar-refractivity contribution in [2.45, 2.75) is 36.8 Å². The molecule has 0 radical (unpaired) electrons. The Morgan fingerprint density at radius 3 is 2.65 bits per heavy atom. The highest BCUT2D eigenvalue weighted by Gasteiger charge is 2.17. The smallest absolute Gasteiger partial charge is 0.303 e. The first-order chi connectivity index (χ1) is 9.35. The summed E-state index contributed by atoms with van der Waals surface area (Å²) in [5.41, 5.74) is 0. The monoisotopic (exact) mass is 339 g/mol. The molecule has 0 aliphatic carbocycles. The van der Waals surface area contributed by atoms with E-state index in [-0.39, 0.29) is 16.5 Å². The van der Waals surface area contributed by atoms with Crippen molar-refractivity contribution in [3.63, 3.8) is 0 Å². The Bertz CT molecular complexity index is 541. The summed E-state index contributed by atoms with van der Waals surface area (Å²) >= 11 is 6.73. The molecule has 0 aliphatic heterocycles. The summed E-state index contributed by atoms with van der Waals surface area (Å²) in [7, 11) is -3.51. The number of halogens is 1. The summed E-state index contributed by atoms with van der Waals surface area (Å²) in [5, 5.41) is 8.64. The highest BCUT2D eigenvalue weighted by atomic mass is 35.5. The van der Waals surface area contributed by atoms with Crippen LogP contribution in [0.3, 0.4) is 0 Å². The lowest BCUT2D eigenvalue weighted by Gasteiger charge is -2.13. The lowest BCUT2D eigenvalue weighted by molar-refractivity contribution is -0.137. The van der Waals surface area contributed by atoms with Gasteiger partial charge in [-0.2, -0.15) is 0 Å². The van der Waals surface area contributed by atoms with Crippen LogP contribution in [0.5, 0.6) is 0 Å². The van der Waals surface area contributed by atoms with E-state index in [0.717, 1.165) is 17.8 Å². The van der Waals surface area contributed by atoms with Gasteiger partial charge in [0, 0.05) is 13.0 Å². The number of hydrogen-bond donors (Lipinski definition) is 2. The standard InChI is InChI=1S/C12H18ClNO4S2/c1-2-9(3-5-11(15)16)7-8-14-20(17,18)12-6-4-10(13)19-12/h4,6,9,14H,2-3,5,7-8H2,1H3,(H,15,16). The molecular weight excluding hydrogens is 322 g/mol. The normalized spacial score (nSPS) is 13.3. The third-order valence-corrected chi connectivity index (χ3v) is 6.19. The molecule has 0 aromatic carbocycles. The zero-order chi connectivity index (χ0) is 15.2. The van der Waals surface area contributed by atoms with Crippen molar-refractivity contribution in [3.8, 4) is 0 Å². The molecule has 0 fully saturated rings. The van der Waals surface area contributed by atoms with E-state index in [1.54, 1.807) is 6.07 Å². The molecule has 0 aliphatic rings. The molecule has 1 rings (SSSR count). The van der Waals surface area contributed by atoms with Gasteiger partial charge in [0.25, 0.3) is 0 Å². The zero-order valence-electron chi connectivity index (χ0n) is 11.1. The molecule has 2 N–H and O–H groups in total. The number of hydrogen-bond acceptors (Lipinski definition) is 4. The molecule has 1 atom stereocenters.